The first-order valence-electron chi connectivity index (χ1n) is 8.51. The molecular weight excluding hydrogens is 348 g/mol. The first-order chi connectivity index (χ1) is 12.8. The highest BCUT2D eigenvalue weighted by molar-refractivity contribution is 6.32. The van der Waals surface area contributed by atoms with E-state index < -0.39 is 0 Å². The van der Waals surface area contributed by atoms with Gasteiger partial charge in [-0.05, 0) is 29.3 Å². The smallest absolute Gasteiger partial charge is 0.213 e. The van der Waals surface area contributed by atoms with E-state index in [1.807, 2.05) is 66.7 Å². The predicted molar refractivity (Wildman–Crippen MR) is 104 cm³/mol. The standard InChI is InChI=1S/C21H21ClN2O2/c22-19-14-18(15-23-12-13-25-21-8-4-5-11-24-21)9-10-20(19)26-16-17-6-2-1-3-7-17/h1-11,14,23H,12-13,15-16H2. The second-order valence-electron chi connectivity index (χ2n) is 5.73. The number of hydrogen-bond donors (Lipinski definition) is 1. The Labute approximate surface area is 158 Å². The molecule has 5 heteroatoms. The molecule has 2 aromatic carbocycles. The Morgan fingerprint density at radius 1 is 0.885 bits per heavy atom. The molecule has 1 N–H and O–H groups in total. The van der Waals surface area contributed by atoms with Gasteiger partial charge in [-0.2, -0.15) is 0 Å². The Kier molecular flexibility index (Phi) is 6.88. The maximum Gasteiger partial charge on any atom is 0.213 e. The van der Waals surface area contributed by atoms with Crippen LogP contribution in [-0.4, -0.2) is 18.1 Å². The number of hydrogen-bond acceptors (Lipinski definition) is 4. The molecule has 0 spiro atoms. The molecule has 0 radical (unpaired) electrons. The van der Waals surface area contributed by atoms with Crippen molar-refractivity contribution in [1.29, 1.82) is 0 Å². The number of aromatic nitrogens is 1. The third kappa shape index (κ3) is 5.76. The molecule has 0 fully saturated rings. The van der Waals surface area contributed by atoms with Crippen LogP contribution in [0, 0.1) is 0 Å². The molecule has 0 amide bonds. The number of ether oxygens (including phenoxy) is 2. The number of pyridine rings is 1. The number of benzene rings is 2. The van der Waals surface area contributed by atoms with E-state index in [4.69, 9.17) is 21.1 Å². The minimum atomic E-state index is 0.503. The Morgan fingerprint density at radius 3 is 2.50 bits per heavy atom. The first-order valence-corrected chi connectivity index (χ1v) is 8.89. The van der Waals surface area contributed by atoms with E-state index in [9.17, 15) is 0 Å². The molecule has 0 atom stereocenters. The molecule has 0 aliphatic rings. The molecule has 0 aliphatic carbocycles. The normalized spacial score (nSPS) is 10.5. The van der Waals surface area contributed by atoms with Crippen LogP contribution in [0.25, 0.3) is 0 Å². The van der Waals surface area contributed by atoms with Crippen molar-refractivity contribution in [3.8, 4) is 11.6 Å². The molecule has 1 heterocycles. The van der Waals surface area contributed by atoms with Gasteiger partial charge in [-0.1, -0.05) is 54.1 Å². The summed E-state index contributed by atoms with van der Waals surface area (Å²) in [6.07, 6.45) is 1.71. The molecule has 1 aromatic heterocycles. The lowest BCUT2D eigenvalue weighted by atomic mass is 10.2. The first kappa shape index (κ1) is 18.2. The van der Waals surface area contributed by atoms with Crippen molar-refractivity contribution in [2.75, 3.05) is 13.2 Å². The number of nitrogens with zero attached hydrogens (tertiary/aromatic N) is 1. The lowest BCUT2D eigenvalue weighted by Crippen LogP contribution is -2.20. The lowest BCUT2D eigenvalue weighted by Gasteiger charge is -2.11. The highest BCUT2D eigenvalue weighted by atomic mass is 35.5. The van der Waals surface area contributed by atoms with Crippen LogP contribution in [0.2, 0.25) is 5.02 Å². The molecule has 0 unspecified atom stereocenters. The summed E-state index contributed by atoms with van der Waals surface area (Å²) in [4.78, 5) is 4.11. The summed E-state index contributed by atoms with van der Waals surface area (Å²) in [5.74, 6) is 1.33. The van der Waals surface area contributed by atoms with Crippen molar-refractivity contribution in [2.45, 2.75) is 13.2 Å². The van der Waals surface area contributed by atoms with Gasteiger partial charge in [0.2, 0.25) is 5.88 Å². The van der Waals surface area contributed by atoms with E-state index in [-0.39, 0.29) is 0 Å². The second-order valence-corrected chi connectivity index (χ2v) is 6.14. The van der Waals surface area contributed by atoms with Crippen molar-refractivity contribution in [1.82, 2.24) is 10.3 Å². The van der Waals surface area contributed by atoms with E-state index in [0.29, 0.717) is 36.4 Å². The molecule has 4 nitrogen and oxygen atoms in total. The van der Waals surface area contributed by atoms with Crippen LogP contribution < -0.4 is 14.8 Å². The largest absolute Gasteiger partial charge is 0.487 e. The average Bonchev–Trinajstić information content (AvgIpc) is 2.69. The van der Waals surface area contributed by atoms with Gasteiger partial charge in [0.25, 0.3) is 0 Å². The molecule has 0 saturated heterocycles. The fraction of sp³-hybridized carbons (Fsp3) is 0.190. The van der Waals surface area contributed by atoms with Crippen molar-refractivity contribution >= 4 is 11.6 Å². The molecule has 0 aliphatic heterocycles. The van der Waals surface area contributed by atoms with E-state index >= 15 is 0 Å². The average molecular weight is 369 g/mol. The second kappa shape index (κ2) is 9.80. The van der Waals surface area contributed by atoms with Crippen molar-refractivity contribution in [2.24, 2.45) is 0 Å². The highest BCUT2D eigenvalue weighted by Gasteiger charge is 2.04. The zero-order valence-electron chi connectivity index (χ0n) is 14.4. The SMILES string of the molecule is Clc1cc(CNCCOc2ccccn2)ccc1OCc1ccccc1. The van der Waals surface area contributed by atoms with Gasteiger partial charge in [-0.3, -0.25) is 0 Å². The van der Waals surface area contributed by atoms with Crippen LogP contribution in [0.3, 0.4) is 0 Å². The molecule has 3 rings (SSSR count). The minimum absolute atomic E-state index is 0.503. The number of halogens is 1. The molecule has 0 saturated carbocycles. The van der Waals surface area contributed by atoms with Crippen molar-refractivity contribution < 1.29 is 9.47 Å². The lowest BCUT2D eigenvalue weighted by molar-refractivity contribution is 0.301. The third-order valence-electron chi connectivity index (χ3n) is 3.73. The molecule has 0 bridgehead atoms. The van der Waals surface area contributed by atoms with Gasteiger partial charge in [-0.25, -0.2) is 4.98 Å². The zero-order chi connectivity index (χ0) is 18.0. The summed E-state index contributed by atoms with van der Waals surface area (Å²) < 4.78 is 11.3. The Bertz CT molecular complexity index is 798. The van der Waals surface area contributed by atoms with Crippen molar-refractivity contribution in [3.63, 3.8) is 0 Å². The zero-order valence-corrected chi connectivity index (χ0v) is 15.2. The summed E-state index contributed by atoms with van der Waals surface area (Å²) in [6.45, 7) is 2.50. The summed E-state index contributed by atoms with van der Waals surface area (Å²) in [5, 5.41) is 3.94. The topological polar surface area (TPSA) is 43.4 Å². The van der Waals surface area contributed by atoms with Gasteiger partial charge in [0.1, 0.15) is 19.0 Å². The van der Waals surface area contributed by atoms with Gasteiger partial charge >= 0.3 is 0 Å². The summed E-state index contributed by atoms with van der Waals surface area (Å²) in [5.41, 5.74) is 2.21. The van der Waals surface area contributed by atoms with Crippen molar-refractivity contribution in [3.05, 3.63) is 89.1 Å². The van der Waals surface area contributed by atoms with Crippen LogP contribution in [0.1, 0.15) is 11.1 Å². The number of nitrogens with one attached hydrogen (secondary N) is 1. The van der Waals surface area contributed by atoms with Gasteiger partial charge in [-0.15, -0.1) is 0 Å². The highest BCUT2D eigenvalue weighted by Crippen LogP contribution is 2.26. The summed E-state index contributed by atoms with van der Waals surface area (Å²) in [6, 6.07) is 21.5. The third-order valence-corrected chi connectivity index (χ3v) is 4.02. The minimum Gasteiger partial charge on any atom is -0.487 e. The van der Waals surface area contributed by atoms with Crippen LogP contribution in [0.5, 0.6) is 11.6 Å². The van der Waals surface area contributed by atoms with Gasteiger partial charge < -0.3 is 14.8 Å². The van der Waals surface area contributed by atoms with Crippen LogP contribution >= 0.6 is 11.6 Å². The summed E-state index contributed by atoms with van der Waals surface area (Å²) in [7, 11) is 0. The molecular formula is C21H21ClN2O2. The predicted octanol–water partition coefficient (Wildman–Crippen LogP) is 4.48. The quantitative estimate of drug-likeness (QED) is 0.565. The molecule has 26 heavy (non-hydrogen) atoms. The Morgan fingerprint density at radius 2 is 1.73 bits per heavy atom. The fourth-order valence-electron chi connectivity index (χ4n) is 2.40. The van der Waals surface area contributed by atoms with E-state index in [2.05, 4.69) is 10.3 Å². The van der Waals surface area contributed by atoms with Crippen LogP contribution in [0.15, 0.2) is 72.9 Å². The van der Waals surface area contributed by atoms with E-state index in [0.717, 1.165) is 17.7 Å². The van der Waals surface area contributed by atoms with E-state index in [1.165, 1.54) is 0 Å². The van der Waals surface area contributed by atoms with Gasteiger partial charge in [0, 0.05) is 25.4 Å². The molecule has 3 aromatic rings. The Hall–Kier alpha value is -2.56. The fourth-order valence-corrected chi connectivity index (χ4v) is 2.66. The van der Waals surface area contributed by atoms with Crippen LogP contribution in [0.4, 0.5) is 0 Å². The molecule has 134 valence electrons. The van der Waals surface area contributed by atoms with E-state index in [1.54, 1.807) is 6.20 Å². The summed E-state index contributed by atoms with van der Waals surface area (Å²) >= 11 is 6.33. The monoisotopic (exact) mass is 368 g/mol. The maximum absolute atomic E-state index is 6.33. The Balaban J connectivity index is 1.41. The van der Waals surface area contributed by atoms with Crippen LogP contribution in [-0.2, 0) is 13.2 Å². The maximum atomic E-state index is 6.33. The number of rotatable bonds is 9. The van der Waals surface area contributed by atoms with Gasteiger partial charge in [0.15, 0.2) is 0 Å². The van der Waals surface area contributed by atoms with Gasteiger partial charge in [0.05, 0.1) is 5.02 Å².